The molecule has 0 fully saturated rings. The summed E-state index contributed by atoms with van der Waals surface area (Å²) in [4.78, 5) is 35.9. The fourth-order valence-electron chi connectivity index (χ4n) is 3.31. The van der Waals surface area contributed by atoms with Crippen LogP contribution < -0.4 is 10.9 Å². The first-order chi connectivity index (χ1) is 15.0. The van der Waals surface area contributed by atoms with Gasteiger partial charge in [-0.1, -0.05) is 29.1 Å². The summed E-state index contributed by atoms with van der Waals surface area (Å²) in [6, 6.07) is 0. The Kier molecular flexibility index (Phi) is 9.26. The van der Waals surface area contributed by atoms with Crippen LogP contribution in [0.1, 0.15) is 31.8 Å². The number of hydrogen-bond acceptors (Lipinski definition) is 7. The number of carbonyl (C=O) groups excluding carboxylic acids is 2. The van der Waals surface area contributed by atoms with Gasteiger partial charge in [-0.25, -0.2) is 14.4 Å². The molecule has 1 atom stereocenters. The Morgan fingerprint density at radius 1 is 1.03 bits per heavy atom. The topological polar surface area (TPSA) is 144 Å². The number of carboxylic acid groups (broad SMARTS) is 1. The molecule has 0 saturated heterocycles. The molecule has 1 rings (SSSR count). The van der Waals surface area contributed by atoms with Crippen molar-refractivity contribution >= 4 is 70.3 Å². The van der Waals surface area contributed by atoms with Crippen LogP contribution in [-0.2, 0) is 37.0 Å². The molecule has 174 valence electrons. The maximum atomic E-state index is 12.8. The summed E-state index contributed by atoms with van der Waals surface area (Å²) in [7, 11) is 1.56. The first-order valence-electron chi connectivity index (χ1n) is 9.37. The largest absolute Gasteiger partial charge is 0.478 e. The molecule has 9 nitrogen and oxygen atoms in total. The van der Waals surface area contributed by atoms with Gasteiger partial charge in [0.15, 0.2) is 0 Å². The third-order valence-corrected chi connectivity index (χ3v) is 5.41. The summed E-state index contributed by atoms with van der Waals surface area (Å²) >= 11 is 0. The Morgan fingerprint density at radius 2 is 1.58 bits per heavy atom. The van der Waals surface area contributed by atoms with Crippen molar-refractivity contribution in [2.45, 2.75) is 24.9 Å². The summed E-state index contributed by atoms with van der Waals surface area (Å²) in [6.07, 6.45) is -6.24. The van der Waals surface area contributed by atoms with Crippen LogP contribution in [0.15, 0.2) is 0 Å². The summed E-state index contributed by atoms with van der Waals surface area (Å²) in [5, 5.41) is 9.61. The number of aromatic carboxylic acids is 1. The lowest BCUT2D eigenvalue weighted by atomic mass is 9.68. The van der Waals surface area contributed by atoms with Gasteiger partial charge in [0.2, 0.25) is 6.10 Å². The standard InChI is InChI=1S/C16H17B4F3O9S/c17-3-6-10(11(14(25)26)13(20)7(4-18)12(6)19)15(27)31-2-1-9(24)32-8(16(21,22)23)5-33(28,29)30/h8H,3-5,17-20H2,(H,25,26)(H,28,29,30). The van der Waals surface area contributed by atoms with Gasteiger partial charge in [-0.05, 0) is 5.56 Å². The van der Waals surface area contributed by atoms with Gasteiger partial charge in [0.1, 0.15) is 43.2 Å². The van der Waals surface area contributed by atoms with Crippen molar-refractivity contribution in [3.8, 4) is 12.0 Å². The molecule has 0 aromatic heterocycles. The molecular weight excluding hydrogens is 468 g/mol. The molecule has 1 unspecified atom stereocenters. The van der Waals surface area contributed by atoms with Crippen molar-refractivity contribution in [2.24, 2.45) is 0 Å². The lowest BCUT2D eigenvalue weighted by molar-refractivity contribution is -0.211. The molecule has 0 radical (unpaired) electrons. The van der Waals surface area contributed by atoms with Gasteiger partial charge < -0.3 is 14.6 Å². The lowest BCUT2D eigenvalue weighted by Gasteiger charge is -2.20. The van der Waals surface area contributed by atoms with Gasteiger partial charge in [-0.2, -0.15) is 21.6 Å². The zero-order valence-electron chi connectivity index (χ0n) is 18.0. The van der Waals surface area contributed by atoms with Crippen LogP contribution in [-0.4, -0.2) is 85.4 Å². The van der Waals surface area contributed by atoms with Crippen molar-refractivity contribution in [2.75, 3.05) is 5.75 Å². The predicted molar refractivity (Wildman–Crippen MR) is 120 cm³/mol. The highest BCUT2D eigenvalue weighted by molar-refractivity contribution is 7.85. The monoisotopic (exact) mass is 486 g/mol. The fourth-order valence-corrected chi connectivity index (χ4v) is 3.95. The average Bonchev–Trinajstić information content (AvgIpc) is 2.65. The number of hydrogen-bond donors (Lipinski definition) is 2. The number of alkyl halides is 3. The number of rotatable bonds is 7. The van der Waals surface area contributed by atoms with Crippen molar-refractivity contribution in [1.82, 2.24) is 0 Å². The molecule has 0 saturated carbocycles. The van der Waals surface area contributed by atoms with Gasteiger partial charge in [0.25, 0.3) is 10.1 Å². The van der Waals surface area contributed by atoms with E-state index in [9.17, 15) is 41.1 Å². The lowest BCUT2D eigenvalue weighted by Crippen LogP contribution is -2.39. The molecule has 17 heteroatoms. The van der Waals surface area contributed by atoms with E-state index in [4.69, 9.17) is 4.55 Å². The van der Waals surface area contributed by atoms with Crippen LogP contribution in [0.2, 0.25) is 0 Å². The predicted octanol–water partition coefficient (Wildman–Crippen LogP) is -4.35. The summed E-state index contributed by atoms with van der Waals surface area (Å²) < 4.78 is 76.8. The maximum absolute atomic E-state index is 12.8. The fraction of sp³-hybridized carbons (Fsp3) is 0.312. The number of esters is 2. The Labute approximate surface area is 190 Å². The molecule has 0 aliphatic rings. The molecule has 1 aromatic carbocycles. The molecule has 0 spiro atoms. The first-order valence-corrected chi connectivity index (χ1v) is 11.0. The quantitative estimate of drug-likeness (QED) is 0.169. The number of carboxylic acids is 1. The molecule has 2 N–H and O–H groups in total. The van der Waals surface area contributed by atoms with Crippen molar-refractivity contribution in [1.29, 1.82) is 0 Å². The summed E-state index contributed by atoms with van der Waals surface area (Å²) in [6.45, 7) is 0. The van der Waals surface area contributed by atoms with Crippen LogP contribution in [0.5, 0.6) is 0 Å². The van der Waals surface area contributed by atoms with E-state index in [1.54, 1.807) is 21.8 Å². The highest BCUT2D eigenvalue weighted by atomic mass is 32.2. The van der Waals surface area contributed by atoms with Crippen LogP contribution in [0, 0.1) is 12.0 Å². The van der Waals surface area contributed by atoms with Crippen molar-refractivity contribution < 1.29 is 55.1 Å². The number of carbonyl (C=O) groups is 3. The van der Waals surface area contributed by atoms with E-state index >= 15 is 0 Å². The van der Waals surface area contributed by atoms with E-state index in [1.165, 1.54) is 13.8 Å². The van der Waals surface area contributed by atoms with E-state index < -0.39 is 46.1 Å². The van der Waals surface area contributed by atoms with E-state index in [0.29, 0.717) is 22.8 Å². The number of ether oxygens (including phenoxy) is 2. The van der Waals surface area contributed by atoms with Crippen LogP contribution >= 0.6 is 0 Å². The van der Waals surface area contributed by atoms with E-state index in [1.807, 2.05) is 7.85 Å². The third-order valence-electron chi connectivity index (χ3n) is 4.68. The second-order valence-electron chi connectivity index (χ2n) is 6.77. The van der Waals surface area contributed by atoms with Crippen molar-refractivity contribution in [3.63, 3.8) is 0 Å². The van der Waals surface area contributed by atoms with Gasteiger partial charge in [0, 0.05) is 0 Å². The second-order valence-corrected chi connectivity index (χ2v) is 8.27. The van der Waals surface area contributed by atoms with Gasteiger partial charge >= 0.3 is 24.1 Å². The Bertz CT molecular complexity index is 1140. The summed E-state index contributed by atoms with van der Waals surface area (Å²) in [5.41, 5.74) is 1.47. The normalized spacial score (nSPS) is 12.2. The molecule has 33 heavy (non-hydrogen) atoms. The highest BCUT2D eigenvalue weighted by Crippen LogP contribution is 2.24. The molecule has 1 aromatic rings. The minimum Gasteiger partial charge on any atom is -0.478 e. The van der Waals surface area contributed by atoms with Crippen molar-refractivity contribution in [3.05, 3.63) is 22.3 Å². The molecular formula is C16H17B4F3O9S. The summed E-state index contributed by atoms with van der Waals surface area (Å²) in [5.74, 6) is -5.07. The third kappa shape index (κ3) is 7.33. The highest BCUT2D eigenvalue weighted by Gasteiger charge is 2.45. The SMILES string of the molecule is BCc1c(B)c(CB)c(C(=O)OC#CC(=O)OC(CS(=O)(=O)O)C(F)(F)F)c(C(=O)O)c1B. The molecule has 0 amide bonds. The Morgan fingerprint density at radius 3 is 2.00 bits per heavy atom. The molecule has 0 aliphatic carbocycles. The van der Waals surface area contributed by atoms with Gasteiger partial charge in [-0.15, -0.1) is 0 Å². The van der Waals surface area contributed by atoms with Gasteiger partial charge in [0.05, 0.1) is 17.0 Å². The first kappa shape index (κ1) is 28.2. The van der Waals surface area contributed by atoms with Crippen LogP contribution in [0.25, 0.3) is 0 Å². The zero-order valence-corrected chi connectivity index (χ0v) is 18.8. The number of halogens is 3. The average molecular weight is 486 g/mol. The zero-order chi connectivity index (χ0) is 25.7. The Hall–Kier alpha value is -2.85. The second kappa shape index (κ2) is 10.8. The Balaban J connectivity index is 3.25. The van der Waals surface area contributed by atoms with E-state index in [-0.39, 0.29) is 17.4 Å². The maximum Gasteiger partial charge on any atom is 0.426 e. The molecule has 0 bridgehead atoms. The van der Waals surface area contributed by atoms with E-state index in [0.717, 1.165) is 5.56 Å². The minimum atomic E-state index is -5.33. The molecule has 0 aliphatic heterocycles. The van der Waals surface area contributed by atoms with Crippen LogP contribution in [0.4, 0.5) is 13.2 Å². The minimum absolute atomic E-state index is 0.252. The smallest absolute Gasteiger partial charge is 0.426 e. The number of benzene rings is 1. The van der Waals surface area contributed by atoms with Gasteiger partial charge in [-0.3, -0.25) is 4.55 Å². The molecule has 0 heterocycles. The van der Waals surface area contributed by atoms with Crippen LogP contribution in [0.3, 0.4) is 0 Å². The van der Waals surface area contributed by atoms with E-state index in [2.05, 4.69) is 9.47 Å².